The zero-order chi connectivity index (χ0) is 19.6. The van der Waals surface area contributed by atoms with Crippen molar-refractivity contribution in [3.05, 3.63) is 77.6 Å². The van der Waals surface area contributed by atoms with Crippen molar-refractivity contribution in [2.45, 2.75) is 18.6 Å². The molecule has 1 atom stereocenters. The fraction of sp³-hybridized carbons (Fsp3) is 0.318. The van der Waals surface area contributed by atoms with E-state index < -0.39 is 11.7 Å². The summed E-state index contributed by atoms with van der Waals surface area (Å²) in [6, 6.07) is 13.5. The van der Waals surface area contributed by atoms with Crippen LogP contribution in [0.2, 0.25) is 0 Å². The van der Waals surface area contributed by atoms with Crippen molar-refractivity contribution in [3.63, 3.8) is 0 Å². The lowest BCUT2D eigenvalue weighted by molar-refractivity contribution is -0.137. The lowest BCUT2D eigenvalue weighted by atomic mass is 9.93. The molecule has 0 spiro atoms. The minimum atomic E-state index is -4.35. The van der Waals surface area contributed by atoms with Crippen molar-refractivity contribution in [1.29, 1.82) is 0 Å². The SMILES string of the molecule is FC(F)(F)c1cccc(C(c2ccc3cnccc3c2)N2CCCNCC2)c1. The van der Waals surface area contributed by atoms with Gasteiger partial charge in [-0.05, 0) is 53.7 Å². The molecule has 0 saturated carbocycles. The topological polar surface area (TPSA) is 28.2 Å². The van der Waals surface area contributed by atoms with Gasteiger partial charge in [0.05, 0.1) is 11.6 Å². The highest BCUT2D eigenvalue weighted by Crippen LogP contribution is 2.35. The lowest BCUT2D eigenvalue weighted by Gasteiger charge is -2.32. The van der Waals surface area contributed by atoms with E-state index in [1.54, 1.807) is 18.5 Å². The third-order valence-electron chi connectivity index (χ3n) is 5.25. The Labute approximate surface area is 162 Å². The van der Waals surface area contributed by atoms with E-state index in [0.29, 0.717) is 5.56 Å². The molecule has 0 radical (unpaired) electrons. The van der Waals surface area contributed by atoms with Gasteiger partial charge in [0, 0.05) is 37.4 Å². The molecule has 1 aromatic heterocycles. The molecule has 4 rings (SSSR count). The zero-order valence-corrected chi connectivity index (χ0v) is 15.4. The number of halogens is 3. The van der Waals surface area contributed by atoms with Crippen LogP contribution in [-0.2, 0) is 6.18 Å². The highest BCUT2D eigenvalue weighted by atomic mass is 19.4. The molecule has 0 bridgehead atoms. The Morgan fingerprint density at radius 2 is 1.79 bits per heavy atom. The van der Waals surface area contributed by atoms with Crippen LogP contribution in [0, 0.1) is 0 Å². The van der Waals surface area contributed by atoms with Crippen LogP contribution in [0.4, 0.5) is 13.2 Å². The van der Waals surface area contributed by atoms with E-state index in [1.165, 1.54) is 12.1 Å². The zero-order valence-electron chi connectivity index (χ0n) is 15.4. The fourth-order valence-corrected chi connectivity index (χ4v) is 3.90. The third-order valence-corrected chi connectivity index (χ3v) is 5.25. The summed E-state index contributed by atoms with van der Waals surface area (Å²) in [4.78, 5) is 6.42. The summed E-state index contributed by atoms with van der Waals surface area (Å²) >= 11 is 0. The normalized spacial score (nSPS) is 17.4. The highest BCUT2D eigenvalue weighted by Gasteiger charge is 2.32. The van der Waals surface area contributed by atoms with E-state index in [-0.39, 0.29) is 6.04 Å². The van der Waals surface area contributed by atoms with Gasteiger partial charge in [-0.15, -0.1) is 0 Å². The first-order chi connectivity index (χ1) is 13.5. The van der Waals surface area contributed by atoms with E-state index in [9.17, 15) is 13.2 Å². The molecular weight excluding hydrogens is 363 g/mol. The van der Waals surface area contributed by atoms with E-state index >= 15 is 0 Å². The molecule has 3 aromatic rings. The summed E-state index contributed by atoms with van der Waals surface area (Å²) in [5.74, 6) is 0. The predicted octanol–water partition coefficient (Wildman–Crippen LogP) is 4.64. The van der Waals surface area contributed by atoms with E-state index in [0.717, 1.165) is 55.0 Å². The van der Waals surface area contributed by atoms with Gasteiger partial charge in [0.1, 0.15) is 0 Å². The maximum absolute atomic E-state index is 13.3. The van der Waals surface area contributed by atoms with Gasteiger partial charge in [-0.25, -0.2) is 0 Å². The van der Waals surface area contributed by atoms with E-state index in [4.69, 9.17) is 0 Å². The Morgan fingerprint density at radius 1 is 0.929 bits per heavy atom. The molecule has 0 amide bonds. The summed E-state index contributed by atoms with van der Waals surface area (Å²) in [5, 5.41) is 5.43. The Morgan fingerprint density at radius 3 is 2.64 bits per heavy atom. The number of pyridine rings is 1. The van der Waals surface area contributed by atoms with Crippen molar-refractivity contribution in [1.82, 2.24) is 15.2 Å². The van der Waals surface area contributed by atoms with Crippen molar-refractivity contribution < 1.29 is 13.2 Å². The van der Waals surface area contributed by atoms with Crippen LogP contribution < -0.4 is 5.32 Å². The number of nitrogens with zero attached hydrogens (tertiary/aromatic N) is 2. The van der Waals surface area contributed by atoms with Gasteiger partial charge in [-0.3, -0.25) is 9.88 Å². The number of fused-ring (bicyclic) bond motifs is 1. The predicted molar refractivity (Wildman–Crippen MR) is 104 cm³/mol. The van der Waals surface area contributed by atoms with Crippen molar-refractivity contribution in [2.24, 2.45) is 0 Å². The number of alkyl halides is 3. The maximum atomic E-state index is 13.3. The van der Waals surface area contributed by atoms with E-state index in [2.05, 4.69) is 21.3 Å². The number of rotatable bonds is 3. The molecule has 0 aliphatic carbocycles. The third kappa shape index (κ3) is 4.03. The van der Waals surface area contributed by atoms with Crippen LogP contribution in [0.3, 0.4) is 0 Å². The standard InChI is InChI=1S/C22H22F3N3/c23-22(24,25)20-4-1-3-17(14-20)21(28-11-2-8-26-10-12-28)18-5-6-19-15-27-9-7-16(19)13-18/h1,3-7,9,13-15,21,26H,2,8,10-12H2. The van der Waals surface area contributed by atoms with Gasteiger partial charge >= 0.3 is 6.18 Å². The average Bonchev–Trinajstić information content (AvgIpc) is 2.97. The summed E-state index contributed by atoms with van der Waals surface area (Å²) < 4.78 is 40.0. The fourth-order valence-electron chi connectivity index (χ4n) is 3.90. The largest absolute Gasteiger partial charge is 0.416 e. The summed E-state index contributed by atoms with van der Waals surface area (Å²) in [5.41, 5.74) is 1.07. The van der Waals surface area contributed by atoms with Crippen LogP contribution in [0.25, 0.3) is 10.8 Å². The number of nitrogens with one attached hydrogen (secondary N) is 1. The van der Waals surface area contributed by atoms with Crippen LogP contribution in [-0.4, -0.2) is 36.1 Å². The molecular formula is C22H22F3N3. The molecule has 1 unspecified atom stereocenters. The van der Waals surface area contributed by atoms with Crippen LogP contribution in [0.1, 0.15) is 29.2 Å². The number of aromatic nitrogens is 1. The molecule has 146 valence electrons. The lowest BCUT2D eigenvalue weighted by Crippen LogP contribution is -2.33. The summed E-state index contributed by atoms with van der Waals surface area (Å²) in [6.45, 7) is 3.37. The molecule has 6 heteroatoms. The van der Waals surface area contributed by atoms with Gasteiger partial charge in [0.2, 0.25) is 0 Å². The quantitative estimate of drug-likeness (QED) is 0.712. The molecule has 1 fully saturated rings. The van der Waals surface area contributed by atoms with Crippen LogP contribution in [0.15, 0.2) is 60.9 Å². The van der Waals surface area contributed by atoms with Crippen molar-refractivity contribution in [3.8, 4) is 0 Å². The van der Waals surface area contributed by atoms with E-state index in [1.807, 2.05) is 18.2 Å². The minimum absolute atomic E-state index is 0.222. The summed E-state index contributed by atoms with van der Waals surface area (Å²) in [6.07, 6.45) is 0.151. The van der Waals surface area contributed by atoms with Crippen LogP contribution in [0.5, 0.6) is 0 Å². The molecule has 2 aromatic carbocycles. The van der Waals surface area contributed by atoms with Gasteiger partial charge in [0.25, 0.3) is 0 Å². The first-order valence-corrected chi connectivity index (χ1v) is 9.48. The smallest absolute Gasteiger partial charge is 0.315 e. The second kappa shape index (κ2) is 7.89. The first-order valence-electron chi connectivity index (χ1n) is 9.48. The number of hydrogen-bond acceptors (Lipinski definition) is 3. The second-order valence-corrected chi connectivity index (χ2v) is 7.15. The molecule has 28 heavy (non-hydrogen) atoms. The average molecular weight is 385 g/mol. The Kier molecular flexibility index (Phi) is 5.33. The van der Waals surface area contributed by atoms with Crippen molar-refractivity contribution >= 4 is 10.8 Å². The van der Waals surface area contributed by atoms with Gasteiger partial charge in [0.15, 0.2) is 0 Å². The monoisotopic (exact) mass is 385 g/mol. The second-order valence-electron chi connectivity index (χ2n) is 7.15. The molecule has 3 nitrogen and oxygen atoms in total. The molecule has 2 heterocycles. The van der Waals surface area contributed by atoms with Gasteiger partial charge in [-0.1, -0.05) is 24.3 Å². The molecule has 1 saturated heterocycles. The van der Waals surface area contributed by atoms with Crippen molar-refractivity contribution in [2.75, 3.05) is 26.2 Å². The summed E-state index contributed by atoms with van der Waals surface area (Å²) in [7, 11) is 0. The highest BCUT2D eigenvalue weighted by molar-refractivity contribution is 5.82. The van der Waals surface area contributed by atoms with Crippen LogP contribution >= 0.6 is 0 Å². The Bertz CT molecular complexity index is 947. The van der Waals surface area contributed by atoms with Gasteiger partial charge < -0.3 is 5.32 Å². The number of benzene rings is 2. The molecule has 1 aliphatic heterocycles. The Hall–Kier alpha value is -2.44. The minimum Gasteiger partial charge on any atom is -0.315 e. The molecule has 1 aliphatic rings. The van der Waals surface area contributed by atoms with Gasteiger partial charge in [-0.2, -0.15) is 13.2 Å². The first kappa shape index (κ1) is 18.9. The Balaban J connectivity index is 1.81. The molecule has 1 N–H and O–H groups in total. The maximum Gasteiger partial charge on any atom is 0.416 e. The number of hydrogen-bond donors (Lipinski definition) is 1.